The third kappa shape index (κ3) is 11.5. The number of carbonyl (C=O) groups excluding carboxylic acids is 5. The summed E-state index contributed by atoms with van der Waals surface area (Å²) < 4.78 is 10.5. The molecule has 1 unspecified atom stereocenters. The Bertz CT molecular complexity index is 665. The van der Waals surface area contributed by atoms with E-state index >= 15 is 0 Å². The lowest BCUT2D eigenvalue weighted by Crippen LogP contribution is -2.35. The van der Waals surface area contributed by atoms with Gasteiger partial charge in [-0.3, -0.25) is 28.9 Å². The van der Waals surface area contributed by atoms with E-state index in [9.17, 15) is 24.0 Å². The number of hydrogen-bond acceptors (Lipinski definition) is 8. The predicted molar refractivity (Wildman–Crippen MR) is 114 cm³/mol. The third-order valence-electron chi connectivity index (χ3n) is 4.63. The van der Waals surface area contributed by atoms with Gasteiger partial charge in [-0.05, 0) is 12.8 Å². The SMILES string of the molecule is NCC(CCCCNC(=O)COCCOCCNC(=O)CCN1C(=O)C=CC1=O)C(N)=O. The Morgan fingerprint density at radius 3 is 2.25 bits per heavy atom. The van der Waals surface area contributed by atoms with Crippen LogP contribution in [0.4, 0.5) is 0 Å². The minimum atomic E-state index is -0.416. The second-order valence-electron chi connectivity index (χ2n) is 7.11. The van der Waals surface area contributed by atoms with E-state index in [1.165, 1.54) is 12.2 Å². The molecular weight excluding hydrogens is 422 g/mol. The van der Waals surface area contributed by atoms with Crippen molar-refractivity contribution in [1.29, 1.82) is 0 Å². The highest BCUT2D eigenvalue weighted by molar-refractivity contribution is 6.13. The number of hydrogen-bond donors (Lipinski definition) is 4. The molecule has 0 saturated carbocycles. The number of nitrogens with one attached hydrogen (secondary N) is 2. The maximum Gasteiger partial charge on any atom is 0.253 e. The van der Waals surface area contributed by atoms with Crippen LogP contribution in [-0.4, -0.2) is 87.0 Å². The average Bonchev–Trinajstić information content (AvgIpc) is 3.08. The van der Waals surface area contributed by atoms with Crippen molar-refractivity contribution in [3.63, 3.8) is 0 Å². The number of amides is 5. The summed E-state index contributed by atoms with van der Waals surface area (Å²) in [5.74, 6) is -2.09. The van der Waals surface area contributed by atoms with Crippen molar-refractivity contribution < 1.29 is 33.4 Å². The molecule has 1 aliphatic heterocycles. The zero-order valence-corrected chi connectivity index (χ0v) is 18.2. The summed E-state index contributed by atoms with van der Waals surface area (Å²) in [4.78, 5) is 58.1. The standard InChI is InChI=1S/C20H33N5O7/c21-13-15(20(22)30)3-1-2-7-23-17(27)14-32-12-11-31-10-8-24-16(26)6-9-25-18(28)4-5-19(25)29/h4-5,15H,1-3,6-14,21H2,(H2,22,30)(H,23,27)(H,24,26). The van der Waals surface area contributed by atoms with Crippen LogP contribution < -0.4 is 22.1 Å². The largest absolute Gasteiger partial charge is 0.377 e. The molecule has 6 N–H and O–H groups in total. The zero-order chi connectivity index (χ0) is 23.8. The Morgan fingerprint density at radius 1 is 0.938 bits per heavy atom. The normalized spacial score (nSPS) is 14.0. The second-order valence-corrected chi connectivity index (χ2v) is 7.11. The molecule has 180 valence electrons. The van der Waals surface area contributed by atoms with Crippen LogP contribution >= 0.6 is 0 Å². The van der Waals surface area contributed by atoms with Gasteiger partial charge in [0.1, 0.15) is 6.61 Å². The van der Waals surface area contributed by atoms with Crippen LogP contribution in [0.1, 0.15) is 25.7 Å². The van der Waals surface area contributed by atoms with Crippen LogP contribution in [0, 0.1) is 5.92 Å². The molecule has 0 aliphatic carbocycles. The topological polar surface area (TPSA) is 183 Å². The number of carbonyl (C=O) groups is 5. The lowest BCUT2D eigenvalue weighted by Gasteiger charge is -2.13. The quantitative estimate of drug-likeness (QED) is 0.132. The Kier molecular flexibility index (Phi) is 13.5. The van der Waals surface area contributed by atoms with Gasteiger partial charge in [0.25, 0.3) is 11.8 Å². The molecule has 1 rings (SSSR count). The number of nitrogens with zero attached hydrogens (tertiary/aromatic N) is 1. The van der Waals surface area contributed by atoms with E-state index in [1.807, 2.05) is 0 Å². The molecule has 0 spiro atoms. The molecular formula is C20H33N5O7. The van der Waals surface area contributed by atoms with Crippen molar-refractivity contribution in [2.75, 3.05) is 52.6 Å². The van der Waals surface area contributed by atoms with Gasteiger partial charge in [-0.15, -0.1) is 0 Å². The summed E-state index contributed by atoms with van der Waals surface area (Å²) in [5.41, 5.74) is 10.7. The lowest BCUT2D eigenvalue weighted by molar-refractivity contribution is -0.137. The number of rotatable bonds is 18. The van der Waals surface area contributed by atoms with Crippen LogP contribution in [0.25, 0.3) is 0 Å². The van der Waals surface area contributed by atoms with Crippen molar-refractivity contribution in [3.8, 4) is 0 Å². The monoisotopic (exact) mass is 455 g/mol. The fraction of sp³-hybridized carbons (Fsp3) is 0.650. The molecule has 1 atom stereocenters. The Hall–Kier alpha value is -2.83. The van der Waals surface area contributed by atoms with Gasteiger partial charge in [0.15, 0.2) is 0 Å². The summed E-state index contributed by atoms with van der Waals surface area (Å²) in [5, 5.41) is 5.34. The first-order valence-electron chi connectivity index (χ1n) is 10.6. The highest BCUT2D eigenvalue weighted by atomic mass is 16.5. The molecule has 32 heavy (non-hydrogen) atoms. The van der Waals surface area contributed by atoms with Crippen LogP contribution in [0.5, 0.6) is 0 Å². The van der Waals surface area contributed by atoms with Crippen molar-refractivity contribution in [2.45, 2.75) is 25.7 Å². The highest BCUT2D eigenvalue weighted by Crippen LogP contribution is 2.06. The number of primary amides is 1. The fourth-order valence-electron chi connectivity index (χ4n) is 2.77. The van der Waals surface area contributed by atoms with Gasteiger partial charge >= 0.3 is 0 Å². The highest BCUT2D eigenvalue weighted by Gasteiger charge is 2.23. The Labute approximate surface area is 187 Å². The van der Waals surface area contributed by atoms with Crippen molar-refractivity contribution in [1.82, 2.24) is 15.5 Å². The van der Waals surface area contributed by atoms with Gasteiger partial charge in [-0.1, -0.05) is 6.42 Å². The van der Waals surface area contributed by atoms with Crippen molar-refractivity contribution >= 4 is 29.5 Å². The molecule has 0 radical (unpaired) electrons. The zero-order valence-electron chi connectivity index (χ0n) is 18.2. The average molecular weight is 456 g/mol. The second kappa shape index (κ2) is 15.9. The molecule has 1 heterocycles. The third-order valence-corrected chi connectivity index (χ3v) is 4.63. The van der Waals surface area contributed by atoms with Gasteiger partial charge in [0.05, 0.1) is 19.8 Å². The minimum Gasteiger partial charge on any atom is -0.377 e. The number of nitrogens with two attached hydrogens (primary N) is 2. The molecule has 0 aromatic heterocycles. The van der Waals surface area contributed by atoms with E-state index in [1.54, 1.807) is 0 Å². The molecule has 0 bridgehead atoms. The van der Waals surface area contributed by atoms with E-state index in [-0.39, 0.29) is 70.2 Å². The fourth-order valence-corrected chi connectivity index (χ4v) is 2.77. The number of unbranched alkanes of at least 4 members (excludes halogenated alkanes) is 1. The van der Waals surface area contributed by atoms with Gasteiger partial charge in [-0.25, -0.2) is 0 Å². The van der Waals surface area contributed by atoms with E-state index < -0.39 is 17.7 Å². The van der Waals surface area contributed by atoms with Crippen LogP contribution in [-0.2, 0) is 33.4 Å². The number of imide groups is 1. The summed E-state index contributed by atoms with van der Waals surface area (Å²) in [6.07, 6.45) is 4.42. The summed E-state index contributed by atoms with van der Waals surface area (Å²) in [6.45, 7) is 1.68. The Morgan fingerprint density at radius 2 is 1.59 bits per heavy atom. The molecule has 12 nitrogen and oxygen atoms in total. The van der Waals surface area contributed by atoms with E-state index in [0.29, 0.717) is 19.4 Å². The maximum atomic E-state index is 11.7. The first-order valence-corrected chi connectivity index (χ1v) is 10.6. The van der Waals surface area contributed by atoms with E-state index in [0.717, 1.165) is 11.3 Å². The summed E-state index contributed by atoms with van der Waals surface area (Å²) in [6, 6.07) is 0. The smallest absolute Gasteiger partial charge is 0.253 e. The van der Waals surface area contributed by atoms with Gasteiger partial charge < -0.3 is 31.6 Å². The first kappa shape index (κ1) is 27.2. The van der Waals surface area contributed by atoms with Crippen LogP contribution in [0.15, 0.2) is 12.2 Å². The minimum absolute atomic E-state index is 0.0239. The molecule has 0 fully saturated rings. The van der Waals surface area contributed by atoms with Gasteiger partial charge in [0.2, 0.25) is 17.7 Å². The van der Waals surface area contributed by atoms with E-state index in [2.05, 4.69) is 10.6 Å². The van der Waals surface area contributed by atoms with Crippen molar-refractivity contribution in [2.24, 2.45) is 17.4 Å². The molecule has 0 saturated heterocycles. The number of ether oxygens (including phenoxy) is 2. The molecule has 0 aromatic carbocycles. The molecule has 12 heteroatoms. The summed E-state index contributed by atoms with van der Waals surface area (Å²) in [7, 11) is 0. The molecule has 1 aliphatic rings. The molecule has 0 aromatic rings. The van der Waals surface area contributed by atoms with Crippen LogP contribution in [0.3, 0.4) is 0 Å². The van der Waals surface area contributed by atoms with Crippen molar-refractivity contribution in [3.05, 3.63) is 12.2 Å². The Balaban J connectivity index is 1.90. The summed E-state index contributed by atoms with van der Waals surface area (Å²) >= 11 is 0. The van der Waals surface area contributed by atoms with E-state index in [4.69, 9.17) is 20.9 Å². The van der Waals surface area contributed by atoms with Crippen LogP contribution in [0.2, 0.25) is 0 Å². The first-order chi connectivity index (χ1) is 15.3. The predicted octanol–water partition coefficient (Wildman–Crippen LogP) is -2.20. The lowest BCUT2D eigenvalue weighted by atomic mass is 10.0. The molecule has 5 amide bonds. The van der Waals surface area contributed by atoms with Gasteiger partial charge in [-0.2, -0.15) is 0 Å². The van der Waals surface area contributed by atoms with Gasteiger partial charge in [0, 0.05) is 50.7 Å². The maximum absolute atomic E-state index is 11.7.